The zero-order chi connectivity index (χ0) is 9.73. The first-order valence-electron chi connectivity index (χ1n) is 4.95. The third-order valence-corrected chi connectivity index (χ3v) is 2.73. The zero-order valence-corrected chi connectivity index (χ0v) is 8.58. The largest absolute Gasteiger partial charge is 0.380 e. The highest BCUT2D eigenvalue weighted by Crippen LogP contribution is 2.26. The highest BCUT2D eigenvalue weighted by Gasteiger charge is 2.33. The summed E-state index contributed by atoms with van der Waals surface area (Å²) in [5.41, 5.74) is -0.233. The second kappa shape index (κ2) is 4.72. The quantitative estimate of drug-likeness (QED) is 0.610. The Balaban J connectivity index is 2.52. The van der Waals surface area contributed by atoms with Gasteiger partial charge < -0.3 is 14.4 Å². The molecule has 0 saturated carbocycles. The molecule has 0 aromatic carbocycles. The van der Waals surface area contributed by atoms with Crippen molar-refractivity contribution in [3.8, 4) is 0 Å². The number of nitrogens with zero attached hydrogens (tertiary/aromatic N) is 1. The van der Waals surface area contributed by atoms with Gasteiger partial charge in [-0.15, -0.1) is 0 Å². The predicted octanol–water partition coefficient (Wildman–Crippen LogP) is 0.934. The van der Waals surface area contributed by atoms with Crippen molar-refractivity contribution < 1.29 is 9.53 Å². The molecule has 0 bridgehead atoms. The molecule has 1 heterocycles. The van der Waals surface area contributed by atoms with E-state index in [0.29, 0.717) is 6.61 Å². The number of ether oxygens (including phenoxy) is 1. The van der Waals surface area contributed by atoms with E-state index in [1.54, 1.807) is 0 Å². The number of hydrogen-bond acceptors (Lipinski definition) is 3. The van der Waals surface area contributed by atoms with Crippen molar-refractivity contribution in [2.75, 3.05) is 33.4 Å². The average Bonchev–Trinajstić information content (AvgIpc) is 2.19. The first-order valence-corrected chi connectivity index (χ1v) is 4.95. The summed E-state index contributed by atoms with van der Waals surface area (Å²) >= 11 is 0. The fourth-order valence-electron chi connectivity index (χ4n) is 1.78. The Hall–Kier alpha value is -0.410. The highest BCUT2D eigenvalue weighted by atomic mass is 16.5. The molecule has 1 aliphatic heterocycles. The summed E-state index contributed by atoms with van der Waals surface area (Å²) < 4.78 is 5.36. The van der Waals surface area contributed by atoms with Crippen molar-refractivity contribution in [1.29, 1.82) is 0 Å². The van der Waals surface area contributed by atoms with Gasteiger partial charge in [0.25, 0.3) is 0 Å². The summed E-state index contributed by atoms with van der Waals surface area (Å²) in [6, 6.07) is 0. The van der Waals surface area contributed by atoms with Gasteiger partial charge >= 0.3 is 0 Å². The SMILES string of the molecule is CCN(C)CC1(C=O)CCCOC1. The van der Waals surface area contributed by atoms with Crippen molar-refractivity contribution in [1.82, 2.24) is 4.90 Å². The molecule has 3 nitrogen and oxygen atoms in total. The number of carbonyl (C=O) groups is 1. The molecular formula is C10H19NO2. The molecule has 0 radical (unpaired) electrons. The minimum Gasteiger partial charge on any atom is -0.380 e. The lowest BCUT2D eigenvalue weighted by atomic mass is 9.83. The first kappa shape index (κ1) is 10.7. The van der Waals surface area contributed by atoms with Gasteiger partial charge in [0.1, 0.15) is 6.29 Å². The Kier molecular flexibility index (Phi) is 3.88. The van der Waals surface area contributed by atoms with E-state index in [2.05, 4.69) is 11.8 Å². The average molecular weight is 185 g/mol. The van der Waals surface area contributed by atoms with E-state index in [9.17, 15) is 4.79 Å². The van der Waals surface area contributed by atoms with E-state index in [4.69, 9.17) is 4.74 Å². The maximum Gasteiger partial charge on any atom is 0.129 e. The Morgan fingerprint density at radius 3 is 2.85 bits per heavy atom. The molecule has 3 heteroatoms. The molecule has 76 valence electrons. The molecule has 1 atom stereocenters. The second-order valence-electron chi connectivity index (χ2n) is 3.97. The summed E-state index contributed by atoms with van der Waals surface area (Å²) in [5, 5.41) is 0. The number of hydrogen-bond donors (Lipinski definition) is 0. The minimum absolute atomic E-state index is 0.233. The van der Waals surface area contributed by atoms with Crippen LogP contribution in [0, 0.1) is 5.41 Å². The van der Waals surface area contributed by atoms with Gasteiger partial charge in [-0.2, -0.15) is 0 Å². The first-order chi connectivity index (χ1) is 6.22. The fourth-order valence-corrected chi connectivity index (χ4v) is 1.78. The van der Waals surface area contributed by atoms with E-state index in [0.717, 1.165) is 38.8 Å². The second-order valence-corrected chi connectivity index (χ2v) is 3.97. The lowest BCUT2D eigenvalue weighted by molar-refractivity contribution is -0.125. The van der Waals surface area contributed by atoms with Gasteiger partial charge in [-0.1, -0.05) is 6.92 Å². The van der Waals surface area contributed by atoms with Crippen LogP contribution in [0.5, 0.6) is 0 Å². The molecule has 1 aliphatic rings. The van der Waals surface area contributed by atoms with Gasteiger partial charge in [0.2, 0.25) is 0 Å². The smallest absolute Gasteiger partial charge is 0.129 e. The summed E-state index contributed by atoms with van der Waals surface area (Å²) in [6.07, 6.45) is 3.06. The number of aldehydes is 1. The molecule has 0 spiro atoms. The van der Waals surface area contributed by atoms with E-state index in [-0.39, 0.29) is 5.41 Å². The van der Waals surface area contributed by atoms with Gasteiger partial charge in [0.05, 0.1) is 12.0 Å². The fraction of sp³-hybridized carbons (Fsp3) is 0.900. The number of carbonyl (C=O) groups excluding carboxylic acids is 1. The monoisotopic (exact) mass is 185 g/mol. The van der Waals surface area contributed by atoms with Gasteiger partial charge in [-0.3, -0.25) is 0 Å². The minimum atomic E-state index is -0.233. The summed E-state index contributed by atoms with van der Waals surface area (Å²) in [6.45, 7) is 5.32. The van der Waals surface area contributed by atoms with Crippen molar-refractivity contribution in [2.45, 2.75) is 19.8 Å². The van der Waals surface area contributed by atoms with Crippen LogP contribution in [0.15, 0.2) is 0 Å². The van der Waals surface area contributed by atoms with Crippen molar-refractivity contribution in [3.63, 3.8) is 0 Å². The maximum atomic E-state index is 11.0. The molecular weight excluding hydrogens is 166 g/mol. The molecule has 0 N–H and O–H groups in total. The van der Waals surface area contributed by atoms with E-state index >= 15 is 0 Å². The third kappa shape index (κ3) is 2.78. The van der Waals surface area contributed by atoms with Crippen LogP contribution in [-0.4, -0.2) is 44.5 Å². The molecule has 0 aromatic heterocycles. The molecule has 0 amide bonds. The van der Waals surface area contributed by atoms with Crippen molar-refractivity contribution in [3.05, 3.63) is 0 Å². The van der Waals surface area contributed by atoms with E-state index in [1.165, 1.54) is 0 Å². The standard InChI is InChI=1S/C10H19NO2/c1-3-11(2)7-10(8-12)5-4-6-13-9-10/h8H,3-7,9H2,1-2H3. The van der Waals surface area contributed by atoms with Gasteiger partial charge in [0.15, 0.2) is 0 Å². The lowest BCUT2D eigenvalue weighted by Gasteiger charge is -2.34. The van der Waals surface area contributed by atoms with Crippen LogP contribution < -0.4 is 0 Å². The van der Waals surface area contributed by atoms with Gasteiger partial charge in [-0.05, 0) is 26.4 Å². The van der Waals surface area contributed by atoms with E-state index in [1.807, 2.05) is 7.05 Å². The Morgan fingerprint density at radius 1 is 1.62 bits per heavy atom. The molecule has 0 aromatic rings. The van der Waals surface area contributed by atoms with Crippen molar-refractivity contribution in [2.24, 2.45) is 5.41 Å². The Bertz CT molecular complexity index is 164. The van der Waals surface area contributed by atoms with Crippen LogP contribution in [0.25, 0.3) is 0 Å². The van der Waals surface area contributed by atoms with Crippen LogP contribution in [0.3, 0.4) is 0 Å². The topological polar surface area (TPSA) is 29.5 Å². The van der Waals surface area contributed by atoms with Crippen LogP contribution in [-0.2, 0) is 9.53 Å². The predicted molar refractivity (Wildman–Crippen MR) is 51.7 cm³/mol. The van der Waals surface area contributed by atoms with Gasteiger partial charge in [0, 0.05) is 13.2 Å². The third-order valence-electron chi connectivity index (χ3n) is 2.73. The Labute approximate surface area is 80.1 Å². The highest BCUT2D eigenvalue weighted by molar-refractivity contribution is 5.60. The van der Waals surface area contributed by atoms with Crippen LogP contribution in [0.2, 0.25) is 0 Å². The normalized spacial score (nSPS) is 29.2. The molecule has 0 aliphatic carbocycles. The molecule has 1 unspecified atom stereocenters. The molecule has 1 fully saturated rings. The molecule has 1 rings (SSSR count). The van der Waals surface area contributed by atoms with E-state index < -0.39 is 0 Å². The lowest BCUT2D eigenvalue weighted by Crippen LogP contribution is -2.42. The molecule has 1 saturated heterocycles. The van der Waals surface area contributed by atoms with Crippen LogP contribution in [0.4, 0.5) is 0 Å². The van der Waals surface area contributed by atoms with Crippen LogP contribution in [0.1, 0.15) is 19.8 Å². The summed E-state index contributed by atoms with van der Waals surface area (Å²) in [4.78, 5) is 13.2. The van der Waals surface area contributed by atoms with Gasteiger partial charge in [-0.25, -0.2) is 0 Å². The molecule has 13 heavy (non-hydrogen) atoms. The maximum absolute atomic E-state index is 11.0. The van der Waals surface area contributed by atoms with Crippen LogP contribution >= 0.6 is 0 Å². The van der Waals surface area contributed by atoms with Crippen molar-refractivity contribution >= 4 is 6.29 Å². The summed E-state index contributed by atoms with van der Waals surface area (Å²) in [7, 11) is 2.04. The zero-order valence-electron chi connectivity index (χ0n) is 8.58. The Morgan fingerprint density at radius 2 is 2.38 bits per heavy atom. The number of rotatable bonds is 4. The summed E-state index contributed by atoms with van der Waals surface area (Å²) in [5.74, 6) is 0.